The summed E-state index contributed by atoms with van der Waals surface area (Å²) in [5.74, 6) is -1.47. The first-order chi connectivity index (χ1) is 7.50. The second-order valence-corrected chi connectivity index (χ2v) is 6.78. The van der Waals surface area contributed by atoms with E-state index < -0.39 is 37.9 Å². The molecule has 1 N–H and O–H groups in total. The lowest BCUT2D eigenvalue weighted by molar-refractivity contribution is -0.137. The zero-order valence-electron chi connectivity index (χ0n) is 7.92. The van der Waals surface area contributed by atoms with Crippen molar-refractivity contribution in [3.63, 3.8) is 0 Å². The number of alkyl halides is 3. The van der Waals surface area contributed by atoms with E-state index >= 15 is 0 Å². The Kier molecular flexibility index (Phi) is 4.00. The number of benzene rings is 1. The van der Waals surface area contributed by atoms with Crippen molar-refractivity contribution in [2.45, 2.75) is 11.9 Å². The molecule has 96 valence electrons. The van der Waals surface area contributed by atoms with E-state index in [0.717, 1.165) is 0 Å². The van der Waals surface area contributed by atoms with E-state index in [2.05, 4.69) is 15.9 Å². The molecule has 0 aliphatic heterocycles. The standard InChI is InChI=1S/C8H5BrClF3O3S/c9-6-2-5(8(11,12)13)1-4(7(6)14)3-17(10,15)16/h1-2,14H,3H2. The van der Waals surface area contributed by atoms with Crippen LogP contribution in [0.15, 0.2) is 16.6 Å². The van der Waals surface area contributed by atoms with Crippen molar-refractivity contribution in [1.82, 2.24) is 0 Å². The van der Waals surface area contributed by atoms with Gasteiger partial charge in [0.15, 0.2) is 0 Å². The molecule has 0 atom stereocenters. The molecular weight excluding hydrogens is 349 g/mol. The normalized spacial score (nSPS) is 12.8. The molecule has 0 fully saturated rings. The molecule has 0 aromatic heterocycles. The molecule has 0 aliphatic carbocycles. The lowest BCUT2D eigenvalue weighted by Gasteiger charge is -2.11. The molecule has 0 unspecified atom stereocenters. The Bertz CT molecular complexity index is 542. The van der Waals surface area contributed by atoms with E-state index in [1.807, 2.05) is 0 Å². The first-order valence-electron chi connectivity index (χ1n) is 4.01. The van der Waals surface area contributed by atoms with Crippen molar-refractivity contribution < 1.29 is 26.7 Å². The fourth-order valence-corrected chi connectivity index (χ4v) is 2.56. The van der Waals surface area contributed by atoms with Crippen molar-refractivity contribution in [3.05, 3.63) is 27.7 Å². The van der Waals surface area contributed by atoms with Gasteiger partial charge >= 0.3 is 6.18 Å². The molecule has 3 nitrogen and oxygen atoms in total. The van der Waals surface area contributed by atoms with Crippen LogP contribution in [-0.4, -0.2) is 13.5 Å². The second-order valence-electron chi connectivity index (χ2n) is 3.15. The highest BCUT2D eigenvalue weighted by Gasteiger charge is 2.32. The summed E-state index contributed by atoms with van der Waals surface area (Å²) < 4.78 is 58.6. The number of phenols is 1. The molecule has 17 heavy (non-hydrogen) atoms. The lowest BCUT2D eigenvalue weighted by atomic mass is 10.1. The van der Waals surface area contributed by atoms with Gasteiger partial charge < -0.3 is 5.11 Å². The first-order valence-corrected chi connectivity index (χ1v) is 7.29. The van der Waals surface area contributed by atoms with E-state index in [4.69, 9.17) is 10.7 Å². The average molecular weight is 354 g/mol. The summed E-state index contributed by atoms with van der Waals surface area (Å²) in [6.45, 7) is 0. The van der Waals surface area contributed by atoms with Crippen LogP contribution >= 0.6 is 26.6 Å². The number of halogens is 5. The van der Waals surface area contributed by atoms with E-state index in [-0.39, 0.29) is 4.47 Å². The second kappa shape index (κ2) is 4.66. The Morgan fingerprint density at radius 2 is 1.88 bits per heavy atom. The fourth-order valence-electron chi connectivity index (χ4n) is 1.12. The van der Waals surface area contributed by atoms with E-state index in [0.29, 0.717) is 12.1 Å². The quantitative estimate of drug-likeness (QED) is 0.831. The Morgan fingerprint density at radius 1 is 1.35 bits per heavy atom. The van der Waals surface area contributed by atoms with Crippen LogP contribution in [0.5, 0.6) is 5.75 Å². The van der Waals surface area contributed by atoms with Crippen molar-refractivity contribution in [1.29, 1.82) is 0 Å². The maximum atomic E-state index is 12.4. The number of hydrogen-bond donors (Lipinski definition) is 1. The van der Waals surface area contributed by atoms with Crippen LogP contribution in [0, 0.1) is 0 Å². The molecule has 1 rings (SSSR count). The summed E-state index contributed by atoms with van der Waals surface area (Å²) in [6.07, 6.45) is -4.64. The molecule has 0 bridgehead atoms. The third kappa shape index (κ3) is 4.04. The fraction of sp³-hybridized carbons (Fsp3) is 0.250. The van der Waals surface area contributed by atoms with Gasteiger partial charge in [-0.2, -0.15) is 13.2 Å². The lowest BCUT2D eigenvalue weighted by Crippen LogP contribution is -2.07. The summed E-state index contributed by atoms with van der Waals surface area (Å²) in [5, 5.41) is 9.41. The minimum Gasteiger partial charge on any atom is -0.506 e. The number of rotatable bonds is 2. The van der Waals surface area contributed by atoms with Gasteiger partial charge in [0, 0.05) is 16.2 Å². The molecule has 1 aromatic rings. The van der Waals surface area contributed by atoms with Crippen LogP contribution in [0.1, 0.15) is 11.1 Å². The Labute approximate surface area is 108 Å². The molecular formula is C8H5BrClF3O3S. The molecule has 9 heteroatoms. The van der Waals surface area contributed by atoms with Crippen molar-refractivity contribution >= 4 is 35.7 Å². The van der Waals surface area contributed by atoms with Crippen molar-refractivity contribution in [2.24, 2.45) is 0 Å². The number of aromatic hydroxyl groups is 1. The van der Waals surface area contributed by atoms with Gasteiger partial charge in [-0.3, -0.25) is 0 Å². The highest BCUT2D eigenvalue weighted by molar-refractivity contribution is 9.10. The van der Waals surface area contributed by atoms with E-state index in [1.54, 1.807) is 0 Å². The van der Waals surface area contributed by atoms with Gasteiger partial charge in [0.1, 0.15) is 5.75 Å². The van der Waals surface area contributed by atoms with Crippen LogP contribution in [0.2, 0.25) is 0 Å². The third-order valence-corrected chi connectivity index (χ3v) is 3.39. The van der Waals surface area contributed by atoms with Crippen LogP contribution in [0.3, 0.4) is 0 Å². The maximum absolute atomic E-state index is 12.4. The van der Waals surface area contributed by atoms with E-state index in [1.165, 1.54) is 0 Å². The molecule has 0 saturated carbocycles. The summed E-state index contributed by atoms with van der Waals surface area (Å²) in [7, 11) is 0.869. The first kappa shape index (κ1) is 14.6. The van der Waals surface area contributed by atoms with Gasteiger partial charge in [-0.25, -0.2) is 8.42 Å². The van der Waals surface area contributed by atoms with Gasteiger partial charge in [-0.15, -0.1) is 0 Å². The highest BCUT2D eigenvalue weighted by atomic mass is 79.9. The van der Waals surface area contributed by atoms with Gasteiger partial charge in [-0.05, 0) is 28.1 Å². The zero-order chi connectivity index (χ0) is 13.4. The smallest absolute Gasteiger partial charge is 0.416 e. The molecule has 0 saturated heterocycles. The van der Waals surface area contributed by atoms with Gasteiger partial charge in [0.2, 0.25) is 9.05 Å². The predicted molar refractivity (Wildman–Crippen MR) is 59.3 cm³/mol. The van der Waals surface area contributed by atoms with Crippen LogP contribution in [0.25, 0.3) is 0 Å². The Morgan fingerprint density at radius 3 is 2.29 bits per heavy atom. The van der Waals surface area contributed by atoms with Crippen molar-refractivity contribution in [2.75, 3.05) is 0 Å². The molecule has 0 aliphatic rings. The minimum atomic E-state index is -4.64. The number of hydrogen-bond acceptors (Lipinski definition) is 3. The molecule has 0 radical (unpaired) electrons. The molecule has 0 spiro atoms. The minimum absolute atomic E-state index is 0.248. The zero-order valence-corrected chi connectivity index (χ0v) is 11.1. The summed E-state index contributed by atoms with van der Waals surface area (Å²) in [6, 6.07) is 1.19. The van der Waals surface area contributed by atoms with E-state index in [9.17, 15) is 26.7 Å². The van der Waals surface area contributed by atoms with Crippen LogP contribution in [0.4, 0.5) is 13.2 Å². The average Bonchev–Trinajstić information content (AvgIpc) is 2.08. The van der Waals surface area contributed by atoms with Crippen molar-refractivity contribution in [3.8, 4) is 5.75 Å². The highest BCUT2D eigenvalue weighted by Crippen LogP contribution is 2.37. The molecule has 0 amide bonds. The summed E-state index contributed by atoms with van der Waals surface area (Å²) >= 11 is 2.71. The van der Waals surface area contributed by atoms with Gasteiger partial charge in [0.05, 0.1) is 15.8 Å². The monoisotopic (exact) mass is 352 g/mol. The summed E-state index contributed by atoms with van der Waals surface area (Å²) in [5.41, 5.74) is -1.49. The van der Waals surface area contributed by atoms with Gasteiger partial charge in [-0.1, -0.05) is 0 Å². The molecule has 0 heterocycles. The maximum Gasteiger partial charge on any atom is 0.416 e. The number of phenolic OH excluding ortho intramolecular Hbond substituents is 1. The third-order valence-electron chi connectivity index (χ3n) is 1.80. The largest absolute Gasteiger partial charge is 0.506 e. The predicted octanol–water partition coefficient (Wildman–Crippen LogP) is 3.24. The van der Waals surface area contributed by atoms with Gasteiger partial charge in [0.25, 0.3) is 0 Å². The van der Waals surface area contributed by atoms with Crippen LogP contribution in [-0.2, 0) is 21.0 Å². The Balaban J connectivity index is 3.36. The van der Waals surface area contributed by atoms with Crippen LogP contribution < -0.4 is 0 Å². The topological polar surface area (TPSA) is 54.4 Å². The SMILES string of the molecule is O=S(=O)(Cl)Cc1cc(C(F)(F)F)cc(Br)c1O. The Hall–Kier alpha value is -0.470. The molecule has 1 aromatic carbocycles. The summed E-state index contributed by atoms with van der Waals surface area (Å²) in [4.78, 5) is 0.